The number of carboxylic acids is 1. The number of hydrogen-bond acceptors (Lipinski definition) is 2. The Bertz CT molecular complexity index is 164. The van der Waals surface area contributed by atoms with Crippen LogP contribution in [-0.4, -0.2) is 24.8 Å². The Balaban J connectivity index is 4.19. The van der Waals surface area contributed by atoms with Gasteiger partial charge >= 0.3 is 5.97 Å². The second kappa shape index (κ2) is 4.87. The molecule has 0 aliphatic carbocycles. The molecule has 0 saturated carbocycles. The summed E-state index contributed by atoms with van der Waals surface area (Å²) in [5.74, 6) is -1.01. The lowest BCUT2D eigenvalue weighted by molar-refractivity contribution is -0.131. The lowest BCUT2D eigenvalue weighted by atomic mass is 10.5. The predicted octanol–water partition coefficient (Wildman–Crippen LogP) is 1.72. The lowest BCUT2D eigenvalue weighted by Gasteiger charge is -1.97. The zero-order valence-electron chi connectivity index (χ0n) is 5.23. The predicted molar refractivity (Wildman–Crippen MR) is 44.4 cm³/mol. The van der Waals surface area contributed by atoms with Gasteiger partial charge in [0.15, 0.2) is 0 Å². The SMILES string of the molecule is COC/C(Br)=C(\Br)C(=O)O. The standard InChI is InChI=1S/C5H6Br2O3/c1-10-2-3(6)4(7)5(8)9/h2H2,1H3,(H,8,9)/b4-3+. The van der Waals surface area contributed by atoms with Gasteiger partial charge in [-0.1, -0.05) is 15.9 Å². The van der Waals surface area contributed by atoms with Crippen molar-refractivity contribution in [2.75, 3.05) is 13.7 Å². The molecular weight excluding hydrogens is 268 g/mol. The maximum atomic E-state index is 10.2. The Kier molecular flexibility index (Phi) is 4.93. The van der Waals surface area contributed by atoms with Gasteiger partial charge in [-0.25, -0.2) is 4.79 Å². The van der Waals surface area contributed by atoms with E-state index >= 15 is 0 Å². The van der Waals surface area contributed by atoms with Crippen LogP contribution in [0.1, 0.15) is 0 Å². The van der Waals surface area contributed by atoms with Crippen molar-refractivity contribution in [2.24, 2.45) is 0 Å². The van der Waals surface area contributed by atoms with Gasteiger partial charge in [0.05, 0.1) is 6.61 Å². The molecule has 3 nitrogen and oxygen atoms in total. The first-order chi connectivity index (χ1) is 4.59. The highest BCUT2D eigenvalue weighted by Gasteiger charge is 2.07. The first-order valence-electron chi connectivity index (χ1n) is 2.36. The minimum Gasteiger partial charge on any atom is -0.477 e. The van der Waals surface area contributed by atoms with E-state index in [0.717, 1.165) is 0 Å². The van der Waals surface area contributed by atoms with E-state index in [9.17, 15) is 4.79 Å². The third-order valence-corrected chi connectivity index (χ3v) is 2.67. The normalized spacial score (nSPS) is 12.7. The second-order valence-corrected chi connectivity index (χ2v) is 3.21. The molecule has 0 radical (unpaired) electrons. The van der Waals surface area contributed by atoms with Crippen LogP contribution >= 0.6 is 31.9 Å². The summed E-state index contributed by atoms with van der Waals surface area (Å²) in [5, 5.41) is 8.39. The van der Waals surface area contributed by atoms with Crippen LogP contribution in [-0.2, 0) is 9.53 Å². The average molecular weight is 274 g/mol. The number of methoxy groups -OCH3 is 1. The molecule has 0 unspecified atom stereocenters. The van der Waals surface area contributed by atoms with E-state index in [0.29, 0.717) is 4.48 Å². The van der Waals surface area contributed by atoms with E-state index in [2.05, 4.69) is 36.6 Å². The maximum absolute atomic E-state index is 10.2. The van der Waals surface area contributed by atoms with Gasteiger partial charge in [0.25, 0.3) is 0 Å². The van der Waals surface area contributed by atoms with Crippen molar-refractivity contribution < 1.29 is 14.6 Å². The van der Waals surface area contributed by atoms with Crippen LogP contribution in [0.3, 0.4) is 0 Å². The third kappa shape index (κ3) is 3.34. The lowest BCUT2D eigenvalue weighted by Crippen LogP contribution is -1.98. The summed E-state index contributed by atoms with van der Waals surface area (Å²) in [4.78, 5) is 10.2. The number of aliphatic carboxylic acids is 1. The maximum Gasteiger partial charge on any atom is 0.343 e. The Morgan fingerprint density at radius 2 is 2.10 bits per heavy atom. The van der Waals surface area contributed by atoms with Crippen LogP contribution < -0.4 is 0 Å². The van der Waals surface area contributed by atoms with E-state index in [1.165, 1.54) is 7.11 Å². The Labute approximate surface area is 75.3 Å². The molecule has 0 aliphatic heterocycles. The summed E-state index contributed by atoms with van der Waals surface area (Å²) < 4.78 is 5.26. The Hall–Kier alpha value is 0.130. The van der Waals surface area contributed by atoms with Gasteiger partial charge in [-0.2, -0.15) is 0 Å². The van der Waals surface area contributed by atoms with Gasteiger partial charge in [-0.05, 0) is 15.9 Å². The first kappa shape index (κ1) is 10.1. The molecule has 0 aromatic carbocycles. The molecule has 0 spiro atoms. The Morgan fingerprint density at radius 3 is 2.40 bits per heavy atom. The summed E-state index contributed by atoms with van der Waals surface area (Å²) in [6.07, 6.45) is 0. The van der Waals surface area contributed by atoms with Crippen molar-refractivity contribution in [2.45, 2.75) is 0 Å². The molecule has 0 saturated heterocycles. The van der Waals surface area contributed by atoms with E-state index < -0.39 is 5.97 Å². The molecule has 0 aromatic heterocycles. The zero-order chi connectivity index (χ0) is 8.15. The van der Waals surface area contributed by atoms with E-state index in [-0.39, 0.29) is 11.1 Å². The van der Waals surface area contributed by atoms with Crippen molar-refractivity contribution in [1.82, 2.24) is 0 Å². The average Bonchev–Trinajstić information content (AvgIpc) is 1.87. The van der Waals surface area contributed by atoms with Crippen LogP contribution in [0.5, 0.6) is 0 Å². The quantitative estimate of drug-likeness (QED) is 0.797. The molecule has 0 bridgehead atoms. The smallest absolute Gasteiger partial charge is 0.343 e. The van der Waals surface area contributed by atoms with Gasteiger partial charge in [0, 0.05) is 11.6 Å². The van der Waals surface area contributed by atoms with Crippen LogP contribution in [0.2, 0.25) is 0 Å². The largest absolute Gasteiger partial charge is 0.477 e. The van der Waals surface area contributed by atoms with E-state index in [4.69, 9.17) is 5.11 Å². The van der Waals surface area contributed by atoms with Crippen LogP contribution in [0.25, 0.3) is 0 Å². The molecule has 5 heteroatoms. The molecule has 0 atom stereocenters. The summed E-state index contributed by atoms with van der Waals surface area (Å²) in [5.41, 5.74) is 0. The molecule has 0 aromatic rings. The minimum absolute atomic E-state index is 0.0920. The fraction of sp³-hybridized carbons (Fsp3) is 0.400. The fourth-order valence-corrected chi connectivity index (χ4v) is 0.819. The van der Waals surface area contributed by atoms with Gasteiger partial charge in [0.2, 0.25) is 0 Å². The minimum atomic E-state index is -1.01. The summed E-state index contributed by atoms with van der Waals surface area (Å²) in [6, 6.07) is 0. The monoisotopic (exact) mass is 272 g/mol. The van der Waals surface area contributed by atoms with Crippen molar-refractivity contribution in [1.29, 1.82) is 0 Å². The van der Waals surface area contributed by atoms with E-state index in [1.807, 2.05) is 0 Å². The molecule has 0 aliphatic rings. The number of ether oxygens (including phenoxy) is 1. The molecular formula is C5H6Br2O3. The van der Waals surface area contributed by atoms with Crippen LogP contribution in [0.15, 0.2) is 8.96 Å². The highest BCUT2D eigenvalue weighted by molar-refractivity contribution is 9.14. The number of hydrogen-bond donors (Lipinski definition) is 1. The van der Waals surface area contributed by atoms with Gasteiger partial charge < -0.3 is 9.84 Å². The fourth-order valence-electron chi connectivity index (χ4n) is 0.306. The van der Waals surface area contributed by atoms with Gasteiger partial charge in [-0.3, -0.25) is 0 Å². The number of rotatable bonds is 3. The number of halogens is 2. The van der Waals surface area contributed by atoms with Gasteiger partial charge in [0.1, 0.15) is 4.48 Å². The topological polar surface area (TPSA) is 46.5 Å². The van der Waals surface area contributed by atoms with Crippen molar-refractivity contribution in [3.05, 3.63) is 8.96 Å². The van der Waals surface area contributed by atoms with Crippen molar-refractivity contribution >= 4 is 37.8 Å². The summed E-state index contributed by atoms with van der Waals surface area (Å²) in [6.45, 7) is 0.257. The number of carbonyl (C=O) groups is 1. The molecule has 0 amide bonds. The second-order valence-electron chi connectivity index (χ2n) is 1.46. The van der Waals surface area contributed by atoms with Gasteiger partial charge in [-0.15, -0.1) is 0 Å². The molecule has 10 heavy (non-hydrogen) atoms. The highest BCUT2D eigenvalue weighted by Crippen LogP contribution is 2.17. The van der Waals surface area contributed by atoms with Crippen molar-refractivity contribution in [3.63, 3.8) is 0 Å². The zero-order valence-corrected chi connectivity index (χ0v) is 8.40. The molecule has 58 valence electrons. The third-order valence-electron chi connectivity index (χ3n) is 0.697. The molecule has 0 heterocycles. The van der Waals surface area contributed by atoms with E-state index in [1.54, 1.807) is 0 Å². The molecule has 0 fully saturated rings. The number of carboxylic acid groups (broad SMARTS) is 1. The molecule has 1 N–H and O–H groups in total. The molecule has 0 rings (SSSR count). The summed E-state index contributed by atoms with van der Waals surface area (Å²) >= 11 is 5.89. The highest BCUT2D eigenvalue weighted by atomic mass is 79.9. The summed E-state index contributed by atoms with van der Waals surface area (Å²) in [7, 11) is 1.49. The van der Waals surface area contributed by atoms with Crippen LogP contribution in [0, 0.1) is 0 Å². The van der Waals surface area contributed by atoms with Crippen LogP contribution in [0.4, 0.5) is 0 Å². The first-order valence-corrected chi connectivity index (χ1v) is 3.94. The van der Waals surface area contributed by atoms with Crippen molar-refractivity contribution in [3.8, 4) is 0 Å². The Morgan fingerprint density at radius 1 is 1.60 bits per heavy atom.